The first-order valence-corrected chi connectivity index (χ1v) is 5.85. The average Bonchev–Trinajstić information content (AvgIpc) is 3.09. The predicted octanol–water partition coefficient (Wildman–Crippen LogP) is 2.72. The Morgan fingerprint density at radius 2 is 1.84 bits per heavy atom. The van der Waals surface area contributed by atoms with E-state index in [2.05, 4.69) is 9.97 Å². The Balaban J connectivity index is 1.91. The van der Waals surface area contributed by atoms with Crippen molar-refractivity contribution in [2.75, 3.05) is 0 Å². The second kappa shape index (κ2) is 4.46. The highest BCUT2D eigenvalue weighted by molar-refractivity contribution is 5.28. The van der Waals surface area contributed by atoms with E-state index in [1.165, 1.54) is 0 Å². The van der Waals surface area contributed by atoms with Gasteiger partial charge in [-0.1, -0.05) is 0 Å². The van der Waals surface area contributed by atoms with Crippen molar-refractivity contribution in [2.45, 2.75) is 18.8 Å². The lowest BCUT2D eigenvalue weighted by Crippen LogP contribution is -2.10. The number of halogens is 2. The molecule has 0 unspecified atom stereocenters. The van der Waals surface area contributed by atoms with Crippen LogP contribution < -0.4 is 10.3 Å². The number of aromatic nitrogens is 2. The Morgan fingerprint density at radius 3 is 2.47 bits per heavy atom. The van der Waals surface area contributed by atoms with E-state index < -0.39 is 11.6 Å². The maximum absolute atomic E-state index is 13.0. The Labute approximate surface area is 107 Å². The minimum absolute atomic E-state index is 0.0302. The van der Waals surface area contributed by atoms with Gasteiger partial charge < -0.3 is 9.72 Å². The highest BCUT2D eigenvalue weighted by Gasteiger charge is 2.26. The van der Waals surface area contributed by atoms with Gasteiger partial charge >= 0.3 is 0 Å². The molecule has 0 radical (unpaired) electrons. The lowest BCUT2D eigenvalue weighted by atomic mass is 10.3. The summed E-state index contributed by atoms with van der Waals surface area (Å²) in [5, 5.41) is 0. The first-order valence-electron chi connectivity index (χ1n) is 5.85. The van der Waals surface area contributed by atoms with Crippen molar-refractivity contribution in [3.8, 4) is 11.6 Å². The first kappa shape index (κ1) is 11.8. The molecule has 1 saturated carbocycles. The normalized spacial score (nSPS) is 14.4. The van der Waals surface area contributed by atoms with Gasteiger partial charge in [0.25, 0.3) is 5.56 Å². The maximum atomic E-state index is 13.0. The van der Waals surface area contributed by atoms with Crippen LogP contribution in [0, 0.1) is 11.6 Å². The molecule has 0 amide bonds. The largest absolute Gasteiger partial charge is 0.439 e. The molecule has 0 bridgehead atoms. The van der Waals surface area contributed by atoms with Crippen LogP contribution in [-0.2, 0) is 0 Å². The topological polar surface area (TPSA) is 55.0 Å². The Bertz CT molecular complexity index is 660. The molecule has 0 saturated heterocycles. The lowest BCUT2D eigenvalue weighted by molar-refractivity contribution is 0.446. The second-order valence-corrected chi connectivity index (χ2v) is 4.45. The molecule has 1 fully saturated rings. The Kier molecular flexibility index (Phi) is 2.77. The third kappa shape index (κ3) is 2.78. The summed E-state index contributed by atoms with van der Waals surface area (Å²) in [6.07, 6.45) is 1.95. The molecule has 1 N–H and O–H groups in total. The molecular formula is C13H10F2N2O2. The molecule has 19 heavy (non-hydrogen) atoms. The van der Waals surface area contributed by atoms with Crippen LogP contribution >= 0.6 is 0 Å². The number of ether oxygens (including phenoxy) is 1. The second-order valence-electron chi connectivity index (χ2n) is 4.45. The van der Waals surface area contributed by atoms with Crippen molar-refractivity contribution >= 4 is 0 Å². The Morgan fingerprint density at radius 1 is 1.16 bits per heavy atom. The summed E-state index contributed by atoms with van der Waals surface area (Å²) >= 11 is 0. The van der Waals surface area contributed by atoms with Crippen LogP contribution in [0.25, 0.3) is 0 Å². The van der Waals surface area contributed by atoms with Crippen LogP contribution in [0.1, 0.15) is 24.6 Å². The van der Waals surface area contributed by atoms with Gasteiger partial charge in [-0.25, -0.2) is 8.78 Å². The number of benzene rings is 1. The number of H-pyrrole nitrogens is 1. The molecule has 4 nitrogen and oxygen atoms in total. The predicted molar refractivity (Wildman–Crippen MR) is 63.3 cm³/mol. The molecule has 0 spiro atoms. The van der Waals surface area contributed by atoms with Gasteiger partial charge in [0.05, 0.1) is 6.07 Å². The quantitative estimate of drug-likeness (QED) is 0.927. The molecule has 1 aromatic carbocycles. The highest BCUT2D eigenvalue weighted by Crippen LogP contribution is 2.38. The lowest BCUT2D eigenvalue weighted by Gasteiger charge is -2.06. The van der Waals surface area contributed by atoms with E-state index in [9.17, 15) is 13.6 Å². The fourth-order valence-electron chi connectivity index (χ4n) is 1.76. The number of nitrogens with zero attached hydrogens (tertiary/aromatic N) is 1. The zero-order valence-corrected chi connectivity index (χ0v) is 9.82. The van der Waals surface area contributed by atoms with Gasteiger partial charge in [-0.2, -0.15) is 4.98 Å². The minimum Gasteiger partial charge on any atom is -0.439 e. The molecule has 1 heterocycles. The molecular weight excluding hydrogens is 254 g/mol. The zero-order chi connectivity index (χ0) is 13.4. The summed E-state index contributed by atoms with van der Waals surface area (Å²) in [4.78, 5) is 18.2. The molecule has 1 aromatic heterocycles. The minimum atomic E-state index is -0.748. The van der Waals surface area contributed by atoms with Gasteiger partial charge in [0, 0.05) is 24.1 Å². The molecule has 3 rings (SSSR count). The number of aromatic amines is 1. The van der Waals surface area contributed by atoms with E-state index in [1.54, 1.807) is 0 Å². The molecule has 1 aliphatic rings. The van der Waals surface area contributed by atoms with Crippen LogP contribution in [0.3, 0.4) is 0 Å². The number of nitrogens with one attached hydrogen (secondary N) is 1. The zero-order valence-electron chi connectivity index (χ0n) is 9.82. The molecule has 0 aliphatic heterocycles. The summed E-state index contributed by atoms with van der Waals surface area (Å²) in [6, 6.07) is 3.95. The van der Waals surface area contributed by atoms with E-state index in [0.717, 1.165) is 37.1 Å². The number of hydrogen-bond donors (Lipinski definition) is 1. The molecule has 2 aromatic rings. The van der Waals surface area contributed by atoms with Gasteiger partial charge in [-0.05, 0) is 12.8 Å². The summed E-state index contributed by atoms with van der Waals surface area (Å²) in [6.45, 7) is 0. The van der Waals surface area contributed by atoms with Gasteiger partial charge in [-0.15, -0.1) is 0 Å². The van der Waals surface area contributed by atoms with E-state index in [4.69, 9.17) is 4.74 Å². The van der Waals surface area contributed by atoms with Crippen LogP contribution in [0.4, 0.5) is 8.78 Å². The van der Waals surface area contributed by atoms with Crippen LogP contribution in [0.5, 0.6) is 11.6 Å². The van der Waals surface area contributed by atoms with Crippen LogP contribution in [0.15, 0.2) is 29.1 Å². The average molecular weight is 264 g/mol. The standard InChI is InChI=1S/C13H10F2N2O2/c14-8-3-9(15)5-10(4-8)19-12-6-11(18)16-13(17-12)7-1-2-7/h3-7H,1-2H2,(H,16,17,18). The van der Waals surface area contributed by atoms with Crippen molar-refractivity contribution in [3.05, 3.63) is 52.1 Å². The van der Waals surface area contributed by atoms with Crippen molar-refractivity contribution in [2.24, 2.45) is 0 Å². The number of rotatable bonds is 3. The summed E-state index contributed by atoms with van der Waals surface area (Å²) in [5.74, 6) is -0.683. The summed E-state index contributed by atoms with van der Waals surface area (Å²) in [7, 11) is 0. The number of hydrogen-bond acceptors (Lipinski definition) is 3. The molecule has 98 valence electrons. The van der Waals surface area contributed by atoms with E-state index in [0.29, 0.717) is 5.82 Å². The first-order chi connectivity index (χ1) is 9.10. The van der Waals surface area contributed by atoms with Crippen molar-refractivity contribution < 1.29 is 13.5 Å². The summed E-state index contributed by atoms with van der Waals surface area (Å²) < 4.78 is 31.3. The van der Waals surface area contributed by atoms with Gasteiger partial charge in [0.1, 0.15) is 23.2 Å². The summed E-state index contributed by atoms with van der Waals surface area (Å²) in [5.41, 5.74) is -0.344. The van der Waals surface area contributed by atoms with Gasteiger partial charge in [0.15, 0.2) is 0 Å². The molecule has 1 aliphatic carbocycles. The SMILES string of the molecule is O=c1cc(Oc2cc(F)cc(F)c2)nc(C2CC2)[nH]1. The van der Waals surface area contributed by atoms with E-state index in [1.807, 2.05) is 0 Å². The fraction of sp³-hybridized carbons (Fsp3) is 0.231. The van der Waals surface area contributed by atoms with Crippen molar-refractivity contribution in [1.82, 2.24) is 9.97 Å². The fourth-order valence-corrected chi connectivity index (χ4v) is 1.76. The van der Waals surface area contributed by atoms with Gasteiger partial charge in [0.2, 0.25) is 5.88 Å². The van der Waals surface area contributed by atoms with Crippen molar-refractivity contribution in [1.29, 1.82) is 0 Å². The van der Waals surface area contributed by atoms with Crippen LogP contribution in [0.2, 0.25) is 0 Å². The van der Waals surface area contributed by atoms with E-state index in [-0.39, 0.29) is 23.1 Å². The van der Waals surface area contributed by atoms with Crippen LogP contribution in [-0.4, -0.2) is 9.97 Å². The molecule has 0 atom stereocenters. The third-order valence-corrected chi connectivity index (χ3v) is 2.76. The molecule has 6 heteroatoms. The maximum Gasteiger partial charge on any atom is 0.254 e. The third-order valence-electron chi connectivity index (χ3n) is 2.76. The van der Waals surface area contributed by atoms with Gasteiger partial charge in [-0.3, -0.25) is 4.79 Å². The Hall–Kier alpha value is -2.24. The monoisotopic (exact) mass is 264 g/mol. The highest BCUT2D eigenvalue weighted by atomic mass is 19.1. The van der Waals surface area contributed by atoms with E-state index >= 15 is 0 Å². The smallest absolute Gasteiger partial charge is 0.254 e. The van der Waals surface area contributed by atoms with Crippen molar-refractivity contribution in [3.63, 3.8) is 0 Å².